The molecule has 0 spiro atoms. The predicted octanol–water partition coefficient (Wildman–Crippen LogP) is 4.51. The molecule has 0 aliphatic rings. The van der Waals surface area contributed by atoms with Gasteiger partial charge in [-0.15, -0.1) is 0 Å². The molecule has 0 unspecified atom stereocenters. The van der Waals surface area contributed by atoms with E-state index < -0.39 is 10.8 Å². The molecule has 1 heterocycles. The van der Waals surface area contributed by atoms with E-state index in [2.05, 4.69) is 10.3 Å². The molecular weight excluding hydrogens is 385 g/mol. The van der Waals surface area contributed by atoms with Gasteiger partial charge >= 0.3 is 0 Å². The van der Waals surface area contributed by atoms with E-state index in [1.165, 1.54) is 36.7 Å². The van der Waals surface area contributed by atoms with Gasteiger partial charge in [-0.2, -0.15) is 0 Å². The second-order valence-corrected chi connectivity index (χ2v) is 5.88. The number of non-ortho nitro benzene ring substituents is 1. The number of phenolic OH excluding ortho intramolecular Hbond substituents is 1. The molecule has 0 radical (unpaired) electrons. The first kappa shape index (κ1) is 17.7. The minimum Gasteiger partial charge on any atom is -0.507 e. The number of carbonyl (C=O) groups is 1. The van der Waals surface area contributed by atoms with Crippen molar-refractivity contribution in [3.05, 3.63) is 68.5 Å². The minimum atomic E-state index is -0.695. The van der Waals surface area contributed by atoms with Crippen molar-refractivity contribution in [1.29, 1.82) is 0 Å². The molecule has 2 N–H and O–H groups in total. The molecule has 26 heavy (non-hydrogen) atoms. The lowest BCUT2D eigenvalue weighted by Gasteiger charge is -2.10. The van der Waals surface area contributed by atoms with Crippen molar-refractivity contribution >= 4 is 40.5 Å². The number of anilines is 1. The summed E-state index contributed by atoms with van der Waals surface area (Å²) in [6.45, 7) is 0. The third kappa shape index (κ3) is 3.46. The summed E-state index contributed by atoms with van der Waals surface area (Å²) in [5, 5.41) is 23.4. The number of hydrogen-bond donors (Lipinski definition) is 2. The number of aromatic hydroxyl groups is 1. The van der Waals surface area contributed by atoms with Crippen LogP contribution in [-0.2, 0) is 0 Å². The lowest BCUT2D eigenvalue weighted by atomic mass is 10.1. The fraction of sp³-hybridized carbons (Fsp3) is 0. The molecule has 8 nitrogen and oxygen atoms in total. The average molecular weight is 394 g/mol. The summed E-state index contributed by atoms with van der Waals surface area (Å²) < 4.78 is 5.12. The number of carbonyl (C=O) groups excluding carboxylic acids is 1. The fourth-order valence-electron chi connectivity index (χ4n) is 2.17. The Morgan fingerprint density at radius 1 is 1.23 bits per heavy atom. The molecule has 10 heteroatoms. The number of phenols is 1. The summed E-state index contributed by atoms with van der Waals surface area (Å²) in [7, 11) is 0. The summed E-state index contributed by atoms with van der Waals surface area (Å²) in [6.07, 6.45) is 2.76. The van der Waals surface area contributed by atoms with Crippen molar-refractivity contribution in [3.8, 4) is 17.2 Å². The molecule has 0 aliphatic carbocycles. The molecule has 1 aromatic heterocycles. The quantitative estimate of drug-likeness (QED) is 0.496. The van der Waals surface area contributed by atoms with E-state index in [0.717, 1.165) is 6.07 Å². The van der Waals surface area contributed by atoms with Gasteiger partial charge in [0.2, 0.25) is 5.89 Å². The molecular formula is C16H9Cl2N3O5. The molecule has 132 valence electrons. The smallest absolute Gasteiger partial charge is 0.271 e. The van der Waals surface area contributed by atoms with Gasteiger partial charge in [0.05, 0.1) is 38.0 Å². The SMILES string of the molecule is O=C(Nc1ccc([N+](=O)[O-])cc1Cl)c1cc(Cl)c(-c2ncco2)cc1O. The number of nitro benzene ring substituents is 1. The van der Waals surface area contributed by atoms with E-state index in [4.69, 9.17) is 27.6 Å². The zero-order valence-electron chi connectivity index (χ0n) is 12.8. The fourth-order valence-corrected chi connectivity index (χ4v) is 2.64. The Balaban J connectivity index is 1.89. The zero-order chi connectivity index (χ0) is 18.8. The number of hydrogen-bond acceptors (Lipinski definition) is 6. The van der Waals surface area contributed by atoms with Crippen molar-refractivity contribution in [2.24, 2.45) is 0 Å². The first-order valence-electron chi connectivity index (χ1n) is 7.04. The molecule has 2 aromatic carbocycles. The van der Waals surface area contributed by atoms with Crippen molar-refractivity contribution in [2.75, 3.05) is 5.32 Å². The number of nitrogens with one attached hydrogen (secondary N) is 1. The van der Waals surface area contributed by atoms with Crippen LogP contribution in [0.25, 0.3) is 11.5 Å². The summed E-state index contributed by atoms with van der Waals surface area (Å²) in [5.74, 6) is -0.854. The second kappa shape index (κ2) is 7.03. The van der Waals surface area contributed by atoms with E-state index in [1.807, 2.05) is 0 Å². The Labute approximate surface area is 156 Å². The Kier molecular flexibility index (Phi) is 4.79. The van der Waals surface area contributed by atoms with E-state index in [9.17, 15) is 20.0 Å². The van der Waals surface area contributed by atoms with Crippen LogP contribution < -0.4 is 5.32 Å². The Morgan fingerprint density at radius 3 is 2.62 bits per heavy atom. The minimum absolute atomic E-state index is 0.0189. The Bertz CT molecular complexity index is 1010. The van der Waals surface area contributed by atoms with Crippen LogP contribution in [0.15, 0.2) is 47.2 Å². The first-order chi connectivity index (χ1) is 12.4. The average Bonchev–Trinajstić information content (AvgIpc) is 3.12. The van der Waals surface area contributed by atoms with Gasteiger partial charge < -0.3 is 14.8 Å². The predicted molar refractivity (Wildman–Crippen MR) is 94.7 cm³/mol. The maximum atomic E-state index is 12.4. The summed E-state index contributed by atoms with van der Waals surface area (Å²) in [5.41, 5.74) is 0.141. The number of nitro groups is 1. The third-order valence-corrected chi connectivity index (χ3v) is 4.03. The molecule has 0 fully saturated rings. The van der Waals surface area contributed by atoms with E-state index in [0.29, 0.717) is 5.56 Å². The van der Waals surface area contributed by atoms with Crippen molar-refractivity contribution in [3.63, 3.8) is 0 Å². The topological polar surface area (TPSA) is 118 Å². The van der Waals surface area contributed by atoms with Crippen LogP contribution in [0.5, 0.6) is 5.75 Å². The molecule has 0 atom stereocenters. The Morgan fingerprint density at radius 2 is 2.00 bits per heavy atom. The number of oxazole rings is 1. The monoisotopic (exact) mass is 393 g/mol. The summed E-state index contributed by atoms with van der Waals surface area (Å²) in [6, 6.07) is 6.10. The molecule has 3 rings (SSSR count). The van der Waals surface area contributed by atoms with Crippen LogP contribution >= 0.6 is 23.2 Å². The summed E-state index contributed by atoms with van der Waals surface area (Å²) >= 11 is 12.1. The van der Waals surface area contributed by atoms with Crippen LogP contribution in [0.1, 0.15) is 10.4 Å². The van der Waals surface area contributed by atoms with Crippen molar-refractivity contribution in [2.45, 2.75) is 0 Å². The first-order valence-corrected chi connectivity index (χ1v) is 7.80. The Hall–Kier alpha value is -3.10. The molecule has 3 aromatic rings. The van der Waals surface area contributed by atoms with E-state index in [-0.39, 0.29) is 38.6 Å². The van der Waals surface area contributed by atoms with Gasteiger partial charge in [-0.25, -0.2) is 4.98 Å². The highest BCUT2D eigenvalue weighted by atomic mass is 35.5. The van der Waals surface area contributed by atoms with Gasteiger partial charge in [0, 0.05) is 12.1 Å². The largest absolute Gasteiger partial charge is 0.507 e. The van der Waals surface area contributed by atoms with Crippen LogP contribution in [0.2, 0.25) is 10.0 Å². The van der Waals surface area contributed by atoms with Crippen LogP contribution in [-0.4, -0.2) is 20.9 Å². The maximum Gasteiger partial charge on any atom is 0.271 e. The molecule has 0 aliphatic heterocycles. The number of nitrogens with zero attached hydrogens (tertiary/aromatic N) is 2. The standard InChI is InChI=1S/C16H9Cl2N3O5/c17-11-6-10(14(22)7-9(11)16-19-3-4-26-16)15(23)20-13-2-1-8(21(24)25)5-12(13)18/h1-7,22H,(H,20,23). The maximum absolute atomic E-state index is 12.4. The van der Waals surface area contributed by atoms with Gasteiger partial charge in [0.15, 0.2) is 0 Å². The number of aromatic nitrogens is 1. The molecule has 0 bridgehead atoms. The number of rotatable bonds is 4. The van der Waals surface area contributed by atoms with Crippen LogP contribution in [0, 0.1) is 10.1 Å². The summed E-state index contributed by atoms with van der Waals surface area (Å²) in [4.78, 5) is 26.4. The molecule has 1 amide bonds. The van der Waals surface area contributed by atoms with E-state index >= 15 is 0 Å². The third-order valence-electron chi connectivity index (χ3n) is 3.40. The number of benzene rings is 2. The van der Waals surface area contributed by atoms with Gasteiger partial charge in [-0.05, 0) is 18.2 Å². The van der Waals surface area contributed by atoms with Crippen molar-refractivity contribution < 1.29 is 19.2 Å². The lowest BCUT2D eigenvalue weighted by molar-refractivity contribution is -0.384. The van der Waals surface area contributed by atoms with Crippen molar-refractivity contribution in [1.82, 2.24) is 4.98 Å². The lowest BCUT2D eigenvalue weighted by Crippen LogP contribution is -2.12. The second-order valence-electron chi connectivity index (χ2n) is 5.06. The van der Waals surface area contributed by atoms with Crippen LogP contribution in [0.4, 0.5) is 11.4 Å². The van der Waals surface area contributed by atoms with Gasteiger partial charge in [-0.1, -0.05) is 23.2 Å². The highest BCUT2D eigenvalue weighted by molar-refractivity contribution is 6.35. The van der Waals surface area contributed by atoms with Gasteiger partial charge in [0.25, 0.3) is 11.6 Å². The van der Waals surface area contributed by atoms with Crippen LogP contribution in [0.3, 0.4) is 0 Å². The van der Waals surface area contributed by atoms with E-state index in [1.54, 1.807) is 0 Å². The molecule has 0 saturated carbocycles. The normalized spacial score (nSPS) is 10.5. The zero-order valence-corrected chi connectivity index (χ0v) is 14.3. The highest BCUT2D eigenvalue weighted by Crippen LogP contribution is 2.34. The highest BCUT2D eigenvalue weighted by Gasteiger charge is 2.19. The number of amides is 1. The van der Waals surface area contributed by atoms with Gasteiger partial charge in [-0.3, -0.25) is 14.9 Å². The number of halogens is 2. The molecule has 0 saturated heterocycles. The van der Waals surface area contributed by atoms with Gasteiger partial charge in [0.1, 0.15) is 12.0 Å².